The Balaban J connectivity index is 1.30. The topological polar surface area (TPSA) is 72.4 Å². The molecule has 2 atom stereocenters. The molecule has 2 unspecified atom stereocenters. The summed E-state index contributed by atoms with van der Waals surface area (Å²) in [6, 6.07) is 6.29. The number of carbonyl (C=O) groups is 1. The van der Waals surface area contributed by atoms with E-state index in [1.807, 2.05) is 35.0 Å². The lowest BCUT2D eigenvalue weighted by molar-refractivity contribution is -0.127. The van der Waals surface area contributed by atoms with Crippen LogP contribution in [0.3, 0.4) is 0 Å². The van der Waals surface area contributed by atoms with Gasteiger partial charge < -0.3 is 15.5 Å². The van der Waals surface area contributed by atoms with Gasteiger partial charge in [0, 0.05) is 37.3 Å². The maximum atomic E-state index is 12.5. The van der Waals surface area contributed by atoms with Crippen molar-refractivity contribution in [2.24, 2.45) is 23.5 Å². The van der Waals surface area contributed by atoms with E-state index < -0.39 is 0 Å². The summed E-state index contributed by atoms with van der Waals surface area (Å²) in [4.78, 5) is 17.1. The quantitative estimate of drug-likeness (QED) is 0.904. The average Bonchev–Trinajstić information content (AvgIpc) is 2.97. The van der Waals surface area contributed by atoms with Crippen LogP contribution < -0.4 is 11.1 Å². The number of hydrogen-bond donors (Lipinski definition) is 2. The van der Waals surface area contributed by atoms with Crippen LogP contribution >= 0.6 is 0 Å². The molecule has 2 saturated carbocycles. The first kappa shape index (κ1) is 15.6. The summed E-state index contributed by atoms with van der Waals surface area (Å²) < 4.78 is 2.01. The molecule has 5 heteroatoms. The summed E-state index contributed by atoms with van der Waals surface area (Å²) in [5.74, 6) is 1.46. The zero-order chi connectivity index (χ0) is 16.5. The normalized spacial score (nSPS) is 29.5. The van der Waals surface area contributed by atoms with Gasteiger partial charge in [-0.1, -0.05) is 12.5 Å². The van der Waals surface area contributed by atoms with Crippen molar-refractivity contribution in [1.82, 2.24) is 14.7 Å². The van der Waals surface area contributed by atoms with E-state index in [1.165, 1.54) is 19.3 Å². The van der Waals surface area contributed by atoms with Crippen molar-refractivity contribution >= 4 is 11.6 Å². The minimum absolute atomic E-state index is 0.154. The molecule has 2 bridgehead atoms. The predicted octanol–water partition coefficient (Wildman–Crippen LogP) is 2.15. The largest absolute Gasteiger partial charge is 0.355 e. The van der Waals surface area contributed by atoms with Crippen molar-refractivity contribution in [2.45, 2.75) is 44.6 Å². The van der Waals surface area contributed by atoms with Crippen molar-refractivity contribution in [1.29, 1.82) is 0 Å². The lowest BCUT2D eigenvalue weighted by atomic mass is 9.65. The van der Waals surface area contributed by atoms with E-state index in [1.54, 1.807) is 0 Å². The molecule has 2 aromatic rings. The number of nitrogens with zero attached hydrogens (tertiary/aromatic N) is 2. The smallest absolute Gasteiger partial charge is 0.223 e. The van der Waals surface area contributed by atoms with Crippen LogP contribution in [-0.4, -0.2) is 27.9 Å². The van der Waals surface area contributed by atoms with Gasteiger partial charge in [-0.15, -0.1) is 0 Å². The highest BCUT2D eigenvalue weighted by atomic mass is 16.1. The molecule has 24 heavy (non-hydrogen) atoms. The van der Waals surface area contributed by atoms with Crippen LogP contribution in [-0.2, 0) is 11.2 Å². The second kappa shape index (κ2) is 6.55. The fourth-order valence-electron chi connectivity index (χ4n) is 4.57. The molecule has 2 heterocycles. The Bertz CT molecular complexity index is 678. The van der Waals surface area contributed by atoms with Crippen LogP contribution in [0.4, 0.5) is 0 Å². The fraction of sp³-hybridized carbons (Fsp3) is 0.579. The highest BCUT2D eigenvalue weighted by Crippen LogP contribution is 2.41. The minimum Gasteiger partial charge on any atom is -0.355 e. The molecule has 2 aliphatic carbocycles. The molecule has 128 valence electrons. The number of aromatic nitrogens is 2. The van der Waals surface area contributed by atoms with Crippen molar-refractivity contribution in [3.05, 3.63) is 36.3 Å². The molecule has 4 rings (SSSR count). The number of imidazole rings is 1. The average molecular weight is 326 g/mol. The Hall–Kier alpha value is -1.88. The maximum Gasteiger partial charge on any atom is 0.223 e. The number of carbonyl (C=O) groups excluding carboxylic acids is 1. The van der Waals surface area contributed by atoms with E-state index in [2.05, 4.69) is 10.3 Å². The molecular formula is C19H26N4O. The summed E-state index contributed by atoms with van der Waals surface area (Å²) in [7, 11) is 0. The van der Waals surface area contributed by atoms with Gasteiger partial charge in [0.25, 0.3) is 0 Å². The van der Waals surface area contributed by atoms with Crippen molar-refractivity contribution in [2.75, 3.05) is 6.54 Å². The van der Waals surface area contributed by atoms with Gasteiger partial charge >= 0.3 is 0 Å². The number of nitrogens with two attached hydrogens (primary N) is 1. The van der Waals surface area contributed by atoms with Gasteiger partial charge in [0.2, 0.25) is 5.91 Å². The minimum atomic E-state index is 0.154. The Labute approximate surface area is 142 Å². The Kier molecular flexibility index (Phi) is 4.27. The molecule has 0 saturated heterocycles. The number of amides is 1. The van der Waals surface area contributed by atoms with Gasteiger partial charge in [0.1, 0.15) is 5.65 Å². The highest BCUT2D eigenvalue weighted by molar-refractivity contribution is 5.78. The third kappa shape index (κ3) is 3.05. The molecule has 0 radical (unpaired) electrons. The second-order valence-corrected chi connectivity index (χ2v) is 7.44. The molecule has 2 aromatic heterocycles. The van der Waals surface area contributed by atoms with E-state index in [0.717, 1.165) is 30.6 Å². The van der Waals surface area contributed by atoms with E-state index >= 15 is 0 Å². The van der Waals surface area contributed by atoms with Crippen molar-refractivity contribution in [3.8, 4) is 0 Å². The van der Waals surface area contributed by atoms with E-state index in [9.17, 15) is 4.79 Å². The molecule has 1 amide bonds. The van der Waals surface area contributed by atoms with Crippen LogP contribution in [0.5, 0.6) is 0 Å². The Morgan fingerprint density at radius 2 is 2.08 bits per heavy atom. The number of rotatable bonds is 4. The van der Waals surface area contributed by atoms with Crippen molar-refractivity contribution < 1.29 is 4.79 Å². The molecule has 5 nitrogen and oxygen atoms in total. The zero-order valence-corrected chi connectivity index (χ0v) is 14.0. The SMILES string of the molecule is NC1C2CCCC1CC(C(=O)NCCc1cn3ccccc3n1)C2. The number of pyridine rings is 1. The maximum absolute atomic E-state index is 12.5. The third-order valence-corrected chi connectivity index (χ3v) is 5.88. The highest BCUT2D eigenvalue weighted by Gasteiger charge is 2.40. The first-order valence-corrected chi connectivity index (χ1v) is 9.16. The van der Waals surface area contributed by atoms with Crippen LogP contribution in [0.15, 0.2) is 30.6 Å². The number of fused-ring (bicyclic) bond motifs is 3. The van der Waals surface area contributed by atoms with Gasteiger partial charge in [-0.05, 0) is 49.7 Å². The molecule has 0 aliphatic heterocycles. The van der Waals surface area contributed by atoms with Crippen LogP contribution in [0.1, 0.15) is 37.8 Å². The molecular weight excluding hydrogens is 300 g/mol. The first-order chi connectivity index (χ1) is 11.7. The second-order valence-electron chi connectivity index (χ2n) is 7.44. The Morgan fingerprint density at radius 1 is 1.29 bits per heavy atom. The van der Waals surface area contributed by atoms with Gasteiger partial charge in [-0.25, -0.2) is 4.98 Å². The van der Waals surface area contributed by atoms with E-state index in [-0.39, 0.29) is 11.8 Å². The molecule has 2 aliphatic rings. The lowest BCUT2D eigenvalue weighted by Gasteiger charge is -2.43. The summed E-state index contributed by atoms with van der Waals surface area (Å²) >= 11 is 0. The van der Waals surface area contributed by atoms with E-state index in [0.29, 0.717) is 24.4 Å². The lowest BCUT2D eigenvalue weighted by Crippen LogP contribution is -2.49. The van der Waals surface area contributed by atoms with Crippen LogP contribution in [0, 0.1) is 17.8 Å². The van der Waals surface area contributed by atoms with Gasteiger partial charge in [0.05, 0.1) is 5.69 Å². The van der Waals surface area contributed by atoms with Gasteiger partial charge in [-0.2, -0.15) is 0 Å². The predicted molar refractivity (Wildman–Crippen MR) is 93.4 cm³/mol. The van der Waals surface area contributed by atoms with Gasteiger partial charge in [-0.3, -0.25) is 4.79 Å². The number of nitrogens with one attached hydrogen (secondary N) is 1. The first-order valence-electron chi connectivity index (χ1n) is 9.16. The summed E-state index contributed by atoms with van der Waals surface area (Å²) in [6.07, 6.45) is 10.4. The Morgan fingerprint density at radius 3 is 2.83 bits per heavy atom. The summed E-state index contributed by atoms with van der Waals surface area (Å²) in [6.45, 7) is 0.653. The van der Waals surface area contributed by atoms with Crippen molar-refractivity contribution in [3.63, 3.8) is 0 Å². The standard InChI is InChI=1S/C19H26N4O/c20-18-13-4-3-5-14(18)11-15(10-13)19(24)21-8-7-16-12-23-9-2-1-6-17(23)22-16/h1-2,6,9,12-15,18H,3-5,7-8,10-11,20H2,(H,21,24). The monoisotopic (exact) mass is 326 g/mol. The molecule has 2 fully saturated rings. The molecule has 0 spiro atoms. The molecule has 0 aromatic carbocycles. The zero-order valence-electron chi connectivity index (χ0n) is 14.0. The summed E-state index contributed by atoms with van der Waals surface area (Å²) in [5, 5.41) is 3.12. The molecule has 3 N–H and O–H groups in total. The van der Waals surface area contributed by atoms with Crippen LogP contribution in [0.2, 0.25) is 0 Å². The fourth-order valence-corrected chi connectivity index (χ4v) is 4.57. The third-order valence-electron chi connectivity index (χ3n) is 5.88. The van der Waals surface area contributed by atoms with Crippen LogP contribution in [0.25, 0.3) is 5.65 Å². The van der Waals surface area contributed by atoms with Gasteiger partial charge in [0.15, 0.2) is 0 Å². The van der Waals surface area contributed by atoms with E-state index in [4.69, 9.17) is 5.73 Å². The number of hydrogen-bond acceptors (Lipinski definition) is 3. The summed E-state index contributed by atoms with van der Waals surface area (Å²) in [5.41, 5.74) is 8.29.